The maximum Gasteiger partial charge on any atom is 0.196 e. The highest BCUT2D eigenvalue weighted by Gasteiger charge is 2.16. The van der Waals surface area contributed by atoms with E-state index in [1.807, 2.05) is 7.05 Å². The molecule has 134 valence electrons. The van der Waals surface area contributed by atoms with E-state index in [1.165, 1.54) is 6.07 Å². The first-order valence-corrected chi connectivity index (χ1v) is 9.06. The molecule has 1 heterocycles. The van der Waals surface area contributed by atoms with Gasteiger partial charge in [-0.1, -0.05) is 46.9 Å². The SMILES string of the molecule is Cn1cc(C(=O)c2ccc(Cl)cc2Cl)cc1/C=C(\C#N)c1ccc(Cl)cc1. The van der Waals surface area contributed by atoms with E-state index in [0.29, 0.717) is 31.8 Å². The molecule has 0 atom stereocenters. The van der Waals surface area contributed by atoms with Crippen molar-refractivity contribution in [2.45, 2.75) is 0 Å². The molecule has 1 aromatic heterocycles. The van der Waals surface area contributed by atoms with E-state index in [9.17, 15) is 10.1 Å². The van der Waals surface area contributed by atoms with Gasteiger partial charge in [-0.05, 0) is 48.0 Å². The molecule has 6 heteroatoms. The highest BCUT2D eigenvalue weighted by molar-refractivity contribution is 6.37. The zero-order chi connectivity index (χ0) is 19.6. The van der Waals surface area contributed by atoms with Gasteiger partial charge in [-0.25, -0.2) is 0 Å². The van der Waals surface area contributed by atoms with Gasteiger partial charge >= 0.3 is 0 Å². The van der Waals surface area contributed by atoms with Crippen LogP contribution in [0.3, 0.4) is 0 Å². The zero-order valence-corrected chi connectivity index (χ0v) is 16.5. The average Bonchev–Trinajstić information content (AvgIpc) is 3.00. The molecule has 2 aromatic carbocycles. The maximum absolute atomic E-state index is 12.8. The number of halogens is 3. The second-order valence-corrected chi connectivity index (χ2v) is 7.17. The van der Waals surface area contributed by atoms with Crippen LogP contribution in [0, 0.1) is 11.3 Å². The molecular formula is C21H13Cl3N2O. The molecule has 0 spiro atoms. The Morgan fingerprint density at radius 2 is 1.67 bits per heavy atom. The fourth-order valence-corrected chi connectivity index (χ4v) is 3.26. The summed E-state index contributed by atoms with van der Waals surface area (Å²) in [5.74, 6) is -0.211. The molecule has 0 aliphatic rings. The van der Waals surface area contributed by atoms with Crippen LogP contribution in [-0.2, 0) is 7.05 Å². The van der Waals surface area contributed by atoms with Gasteiger partial charge in [0.2, 0.25) is 0 Å². The van der Waals surface area contributed by atoms with Gasteiger partial charge in [-0.2, -0.15) is 5.26 Å². The van der Waals surface area contributed by atoms with Crippen LogP contribution in [0.2, 0.25) is 15.1 Å². The van der Waals surface area contributed by atoms with Crippen molar-refractivity contribution in [2.24, 2.45) is 7.05 Å². The molecule has 0 amide bonds. The molecule has 0 radical (unpaired) electrons. The van der Waals surface area contributed by atoms with Crippen LogP contribution in [0.1, 0.15) is 27.2 Å². The summed E-state index contributed by atoms with van der Waals surface area (Å²) in [6, 6.07) is 15.7. The van der Waals surface area contributed by atoms with Crippen LogP contribution in [0.4, 0.5) is 0 Å². The topological polar surface area (TPSA) is 45.8 Å². The van der Waals surface area contributed by atoms with Gasteiger partial charge in [0.15, 0.2) is 5.78 Å². The summed E-state index contributed by atoms with van der Waals surface area (Å²) >= 11 is 17.9. The number of carbonyl (C=O) groups excluding carboxylic acids is 1. The Balaban J connectivity index is 1.97. The molecule has 0 N–H and O–H groups in total. The second kappa shape index (κ2) is 8.02. The molecule has 3 aromatic rings. The van der Waals surface area contributed by atoms with Gasteiger partial charge in [-0.15, -0.1) is 0 Å². The summed E-state index contributed by atoms with van der Waals surface area (Å²) in [7, 11) is 1.81. The number of aromatic nitrogens is 1. The zero-order valence-electron chi connectivity index (χ0n) is 14.2. The first kappa shape index (κ1) is 19.3. The van der Waals surface area contributed by atoms with Crippen LogP contribution < -0.4 is 0 Å². The van der Waals surface area contributed by atoms with Crippen molar-refractivity contribution in [3.8, 4) is 6.07 Å². The van der Waals surface area contributed by atoms with Crippen molar-refractivity contribution >= 4 is 52.2 Å². The maximum atomic E-state index is 12.8. The summed E-state index contributed by atoms with van der Waals surface area (Å²) in [6.45, 7) is 0. The van der Waals surface area contributed by atoms with Crippen LogP contribution >= 0.6 is 34.8 Å². The number of hydrogen-bond donors (Lipinski definition) is 0. The number of nitrogens with zero attached hydrogens (tertiary/aromatic N) is 2. The van der Waals surface area contributed by atoms with Crippen LogP contribution in [-0.4, -0.2) is 10.4 Å². The molecule has 27 heavy (non-hydrogen) atoms. The van der Waals surface area contributed by atoms with Crippen molar-refractivity contribution in [1.29, 1.82) is 5.26 Å². The lowest BCUT2D eigenvalue weighted by molar-refractivity contribution is 0.103. The minimum absolute atomic E-state index is 0.211. The third-order valence-corrected chi connectivity index (χ3v) is 4.85. The number of rotatable bonds is 4. The summed E-state index contributed by atoms with van der Waals surface area (Å²) in [6.07, 6.45) is 3.43. The third kappa shape index (κ3) is 4.26. The first-order valence-electron chi connectivity index (χ1n) is 7.93. The number of hydrogen-bond acceptors (Lipinski definition) is 2. The minimum Gasteiger partial charge on any atom is -0.350 e. The van der Waals surface area contributed by atoms with E-state index >= 15 is 0 Å². The van der Waals surface area contributed by atoms with E-state index in [-0.39, 0.29) is 5.78 Å². The molecule has 0 saturated carbocycles. The lowest BCUT2D eigenvalue weighted by Gasteiger charge is -2.02. The lowest BCUT2D eigenvalue weighted by atomic mass is 10.0. The number of benzene rings is 2. The standard InChI is InChI=1S/C21H13Cl3N2O/c1-26-12-15(21(27)19-7-6-17(23)10-20(19)24)9-18(26)8-14(11-25)13-2-4-16(22)5-3-13/h2-10,12H,1H3/b14-8+. The van der Waals surface area contributed by atoms with Gasteiger partial charge in [0, 0.05) is 40.1 Å². The van der Waals surface area contributed by atoms with E-state index in [4.69, 9.17) is 34.8 Å². The third-order valence-electron chi connectivity index (χ3n) is 4.05. The number of aryl methyl sites for hydroxylation is 1. The van der Waals surface area contributed by atoms with E-state index in [1.54, 1.807) is 59.3 Å². The Hall–Kier alpha value is -2.51. The normalized spacial score (nSPS) is 11.3. The highest BCUT2D eigenvalue weighted by Crippen LogP contribution is 2.25. The molecule has 0 aliphatic heterocycles. The molecule has 0 unspecified atom stereocenters. The van der Waals surface area contributed by atoms with Crippen molar-refractivity contribution in [3.05, 3.63) is 92.2 Å². The van der Waals surface area contributed by atoms with Crippen LogP contribution in [0.15, 0.2) is 54.7 Å². The van der Waals surface area contributed by atoms with Crippen LogP contribution in [0.5, 0.6) is 0 Å². The van der Waals surface area contributed by atoms with E-state index < -0.39 is 0 Å². The first-order chi connectivity index (χ1) is 12.9. The predicted molar refractivity (Wildman–Crippen MR) is 110 cm³/mol. The molecule has 0 saturated heterocycles. The van der Waals surface area contributed by atoms with Gasteiger partial charge < -0.3 is 4.57 Å². The van der Waals surface area contributed by atoms with Crippen LogP contribution in [0.25, 0.3) is 11.6 Å². The Morgan fingerprint density at radius 3 is 2.30 bits per heavy atom. The largest absolute Gasteiger partial charge is 0.350 e. The summed E-state index contributed by atoms with van der Waals surface area (Å²) in [5, 5.41) is 10.9. The minimum atomic E-state index is -0.211. The molecule has 0 fully saturated rings. The fourth-order valence-electron chi connectivity index (χ4n) is 2.64. The van der Waals surface area contributed by atoms with Crippen molar-refractivity contribution in [1.82, 2.24) is 4.57 Å². The Morgan fingerprint density at radius 1 is 1.00 bits per heavy atom. The predicted octanol–water partition coefficient (Wildman–Crippen LogP) is 6.28. The Labute approximate surface area is 172 Å². The smallest absolute Gasteiger partial charge is 0.196 e. The molecule has 3 rings (SSSR count). The molecular weight excluding hydrogens is 403 g/mol. The summed E-state index contributed by atoms with van der Waals surface area (Å²) < 4.78 is 1.78. The Kier molecular flexibility index (Phi) is 5.72. The van der Waals surface area contributed by atoms with Crippen molar-refractivity contribution in [2.75, 3.05) is 0 Å². The van der Waals surface area contributed by atoms with Gasteiger partial charge in [0.25, 0.3) is 0 Å². The number of nitriles is 1. The van der Waals surface area contributed by atoms with Crippen molar-refractivity contribution in [3.63, 3.8) is 0 Å². The molecule has 0 aliphatic carbocycles. The second-order valence-electron chi connectivity index (χ2n) is 5.89. The molecule has 0 bridgehead atoms. The van der Waals surface area contributed by atoms with Crippen molar-refractivity contribution < 1.29 is 4.79 Å². The monoisotopic (exact) mass is 414 g/mol. The van der Waals surface area contributed by atoms with E-state index in [0.717, 1.165) is 11.3 Å². The number of allylic oxidation sites excluding steroid dienone is 1. The van der Waals surface area contributed by atoms with Gasteiger partial charge in [0.05, 0.1) is 16.7 Å². The molecule has 3 nitrogen and oxygen atoms in total. The summed E-state index contributed by atoms with van der Waals surface area (Å²) in [5.41, 5.74) is 2.78. The Bertz CT molecular complexity index is 1090. The lowest BCUT2D eigenvalue weighted by Crippen LogP contribution is -2.00. The summed E-state index contributed by atoms with van der Waals surface area (Å²) in [4.78, 5) is 12.8. The van der Waals surface area contributed by atoms with Gasteiger partial charge in [0.1, 0.15) is 0 Å². The fraction of sp³-hybridized carbons (Fsp3) is 0.0476. The van der Waals surface area contributed by atoms with E-state index in [2.05, 4.69) is 6.07 Å². The quantitative estimate of drug-likeness (QED) is 0.372. The number of ketones is 1. The van der Waals surface area contributed by atoms with Gasteiger partial charge in [-0.3, -0.25) is 4.79 Å². The number of carbonyl (C=O) groups is 1. The average molecular weight is 416 g/mol. The highest BCUT2D eigenvalue weighted by atomic mass is 35.5.